The molecule has 0 aliphatic carbocycles. The number of hydrogen-bond donors (Lipinski definition) is 1. The molecule has 0 radical (unpaired) electrons. The number of carbonyl (C=O) groups is 1. The van der Waals surface area contributed by atoms with Gasteiger partial charge >= 0.3 is 0 Å². The second kappa shape index (κ2) is 6.19. The first kappa shape index (κ1) is 14.1. The van der Waals surface area contributed by atoms with Crippen molar-refractivity contribution in [3.05, 3.63) is 53.9 Å². The molecule has 1 N–H and O–H groups in total. The minimum absolute atomic E-state index is 0.0878. The molecule has 0 aliphatic heterocycles. The molecule has 1 heterocycles. The van der Waals surface area contributed by atoms with Gasteiger partial charge in [0, 0.05) is 31.2 Å². The second-order valence-corrected chi connectivity index (χ2v) is 4.57. The summed E-state index contributed by atoms with van der Waals surface area (Å²) in [7, 11) is 1.82. The summed E-state index contributed by atoms with van der Waals surface area (Å²) in [6.07, 6.45) is 1.64. The van der Waals surface area contributed by atoms with E-state index in [4.69, 9.17) is 0 Å². The lowest BCUT2D eigenvalue weighted by atomic mass is 10.2. The number of aryl methyl sites for hydroxylation is 1. The summed E-state index contributed by atoms with van der Waals surface area (Å²) >= 11 is 0. The number of anilines is 2. The molecule has 2 rings (SSSR count). The Labute approximate surface area is 119 Å². The highest BCUT2D eigenvalue weighted by Crippen LogP contribution is 2.18. The first-order valence-electron chi connectivity index (χ1n) is 6.68. The molecule has 0 bridgehead atoms. The van der Waals surface area contributed by atoms with Crippen LogP contribution in [0.25, 0.3) is 0 Å². The van der Waals surface area contributed by atoms with Crippen LogP contribution in [0.4, 0.5) is 11.4 Å². The fraction of sp³-hybridized carbons (Fsp3) is 0.250. The second-order valence-electron chi connectivity index (χ2n) is 4.57. The zero-order chi connectivity index (χ0) is 14.5. The largest absolute Gasteiger partial charge is 0.388 e. The Kier molecular flexibility index (Phi) is 4.35. The molecule has 4 heteroatoms. The van der Waals surface area contributed by atoms with Crippen LogP contribution in [-0.4, -0.2) is 24.5 Å². The molecule has 0 saturated heterocycles. The lowest BCUT2D eigenvalue weighted by Crippen LogP contribution is -2.31. The number of carbonyl (C=O) groups excluding carboxylic acids is 1. The standard InChI is InChI=1S/C16H19N3O/c1-4-19(14-7-5-6-12(2)10-14)16(20)15-11-13(17-3)8-9-18-15/h5-11H,4H2,1-3H3,(H,17,18). The van der Waals surface area contributed by atoms with Crippen molar-refractivity contribution in [3.63, 3.8) is 0 Å². The van der Waals surface area contributed by atoms with Gasteiger partial charge in [0.15, 0.2) is 0 Å². The highest BCUT2D eigenvalue weighted by atomic mass is 16.2. The molecule has 1 aromatic carbocycles. The number of benzene rings is 1. The van der Waals surface area contributed by atoms with Gasteiger partial charge < -0.3 is 10.2 Å². The number of hydrogen-bond acceptors (Lipinski definition) is 3. The maximum absolute atomic E-state index is 12.6. The average Bonchev–Trinajstić information content (AvgIpc) is 2.48. The van der Waals surface area contributed by atoms with Gasteiger partial charge in [-0.2, -0.15) is 0 Å². The Bertz CT molecular complexity index is 610. The SMILES string of the molecule is CCN(C(=O)c1cc(NC)ccn1)c1cccc(C)c1. The van der Waals surface area contributed by atoms with Crippen molar-refractivity contribution in [2.45, 2.75) is 13.8 Å². The third-order valence-corrected chi connectivity index (χ3v) is 3.14. The predicted octanol–water partition coefficient (Wildman–Crippen LogP) is 3.10. The molecule has 4 nitrogen and oxygen atoms in total. The first-order chi connectivity index (χ1) is 9.65. The average molecular weight is 269 g/mol. The third kappa shape index (κ3) is 2.96. The molecule has 0 atom stereocenters. The predicted molar refractivity (Wildman–Crippen MR) is 82.3 cm³/mol. The summed E-state index contributed by atoms with van der Waals surface area (Å²) in [5.41, 5.74) is 3.35. The first-order valence-corrected chi connectivity index (χ1v) is 6.68. The molecule has 0 fully saturated rings. The summed E-state index contributed by atoms with van der Waals surface area (Å²) in [5.74, 6) is -0.0878. The van der Waals surface area contributed by atoms with Crippen LogP contribution >= 0.6 is 0 Å². The van der Waals surface area contributed by atoms with E-state index < -0.39 is 0 Å². The van der Waals surface area contributed by atoms with Gasteiger partial charge in [-0.25, -0.2) is 0 Å². The van der Waals surface area contributed by atoms with Crippen molar-refractivity contribution in [3.8, 4) is 0 Å². The summed E-state index contributed by atoms with van der Waals surface area (Å²) in [6.45, 7) is 4.58. The normalized spacial score (nSPS) is 10.2. The topological polar surface area (TPSA) is 45.2 Å². The van der Waals surface area contributed by atoms with Crippen molar-refractivity contribution in [2.24, 2.45) is 0 Å². The van der Waals surface area contributed by atoms with Crippen LogP contribution in [0.2, 0.25) is 0 Å². The van der Waals surface area contributed by atoms with Crippen LogP contribution < -0.4 is 10.2 Å². The van der Waals surface area contributed by atoms with Crippen LogP contribution in [0.3, 0.4) is 0 Å². The van der Waals surface area contributed by atoms with E-state index in [1.165, 1.54) is 0 Å². The lowest BCUT2D eigenvalue weighted by molar-refractivity contribution is 0.0983. The van der Waals surface area contributed by atoms with Crippen molar-refractivity contribution < 1.29 is 4.79 Å². The summed E-state index contributed by atoms with van der Waals surface area (Å²) in [6, 6.07) is 11.5. The zero-order valence-electron chi connectivity index (χ0n) is 12.1. The van der Waals surface area contributed by atoms with E-state index in [1.54, 1.807) is 17.2 Å². The van der Waals surface area contributed by atoms with E-state index in [2.05, 4.69) is 10.3 Å². The number of amides is 1. The molecule has 0 spiro atoms. The Hall–Kier alpha value is -2.36. The monoisotopic (exact) mass is 269 g/mol. The van der Waals surface area contributed by atoms with Gasteiger partial charge in [0.1, 0.15) is 5.69 Å². The molecule has 0 saturated carbocycles. The van der Waals surface area contributed by atoms with E-state index >= 15 is 0 Å². The maximum atomic E-state index is 12.6. The van der Waals surface area contributed by atoms with Gasteiger partial charge in [0.25, 0.3) is 5.91 Å². The van der Waals surface area contributed by atoms with Crippen LogP contribution in [0, 0.1) is 6.92 Å². The minimum atomic E-state index is -0.0878. The highest BCUT2D eigenvalue weighted by molar-refractivity contribution is 6.05. The quantitative estimate of drug-likeness (QED) is 0.927. The maximum Gasteiger partial charge on any atom is 0.276 e. The Morgan fingerprint density at radius 2 is 2.10 bits per heavy atom. The molecule has 20 heavy (non-hydrogen) atoms. The van der Waals surface area contributed by atoms with Crippen LogP contribution in [0.5, 0.6) is 0 Å². The highest BCUT2D eigenvalue weighted by Gasteiger charge is 2.17. The van der Waals surface area contributed by atoms with Crippen molar-refractivity contribution in [1.82, 2.24) is 4.98 Å². The minimum Gasteiger partial charge on any atom is -0.388 e. The Morgan fingerprint density at radius 1 is 1.30 bits per heavy atom. The van der Waals surface area contributed by atoms with Gasteiger partial charge in [-0.05, 0) is 43.7 Å². The summed E-state index contributed by atoms with van der Waals surface area (Å²) in [5, 5.41) is 3.02. The molecule has 1 aromatic heterocycles. The van der Waals surface area contributed by atoms with Gasteiger partial charge in [-0.1, -0.05) is 12.1 Å². The van der Waals surface area contributed by atoms with Gasteiger partial charge in [0.2, 0.25) is 0 Å². The number of aromatic nitrogens is 1. The Balaban J connectivity index is 2.33. The van der Waals surface area contributed by atoms with Gasteiger partial charge in [-0.15, -0.1) is 0 Å². The molecule has 1 amide bonds. The number of pyridine rings is 1. The number of nitrogens with one attached hydrogen (secondary N) is 1. The van der Waals surface area contributed by atoms with E-state index in [9.17, 15) is 4.79 Å². The molecule has 0 unspecified atom stereocenters. The molecule has 2 aromatic rings. The smallest absolute Gasteiger partial charge is 0.276 e. The third-order valence-electron chi connectivity index (χ3n) is 3.14. The molecule has 0 aliphatic rings. The fourth-order valence-electron chi connectivity index (χ4n) is 2.08. The van der Waals surface area contributed by atoms with E-state index in [-0.39, 0.29) is 5.91 Å². The number of nitrogens with zero attached hydrogens (tertiary/aromatic N) is 2. The fourth-order valence-corrected chi connectivity index (χ4v) is 2.08. The van der Waals surface area contributed by atoms with E-state index in [0.717, 1.165) is 16.9 Å². The summed E-state index contributed by atoms with van der Waals surface area (Å²) < 4.78 is 0. The molecule has 104 valence electrons. The van der Waals surface area contributed by atoms with Crippen LogP contribution in [0.1, 0.15) is 23.0 Å². The lowest BCUT2D eigenvalue weighted by Gasteiger charge is -2.21. The van der Waals surface area contributed by atoms with Crippen LogP contribution in [0.15, 0.2) is 42.6 Å². The van der Waals surface area contributed by atoms with Crippen molar-refractivity contribution in [2.75, 3.05) is 23.8 Å². The van der Waals surface area contributed by atoms with Crippen molar-refractivity contribution in [1.29, 1.82) is 0 Å². The van der Waals surface area contributed by atoms with Gasteiger partial charge in [-0.3, -0.25) is 9.78 Å². The van der Waals surface area contributed by atoms with E-state index in [0.29, 0.717) is 12.2 Å². The van der Waals surface area contributed by atoms with Gasteiger partial charge in [0.05, 0.1) is 0 Å². The Morgan fingerprint density at radius 3 is 2.75 bits per heavy atom. The van der Waals surface area contributed by atoms with E-state index in [1.807, 2.05) is 51.2 Å². The van der Waals surface area contributed by atoms with Crippen LogP contribution in [-0.2, 0) is 0 Å². The molecular weight excluding hydrogens is 250 g/mol. The molecular formula is C16H19N3O. The zero-order valence-corrected chi connectivity index (χ0v) is 12.1. The number of rotatable bonds is 4. The van der Waals surface area contributed by atoms with Crippen molar-refractivity contribution >= 4 is 17.3 Å². The summed E-state index contributed by atoms with van der Waals surface area (Å²) in [4.78, 5) is 18.5.